The first-order chi connectivity index (χ1) is 8.49. The number of ether oxygens (including phenoxy) is 1. The standard InChI is InChI=1S/C12H15FN2O3/c1-6-10(2-3-18-6)15-11-5-8(13)7(12(16)17)4-9(11)14/h4-6,10,15H,2-3,14H2,1H3,(H,16,17). The molecule has 5 nitrogen and oxygen atoms in total. The zero-order valence-electron chi connectivity index (χ0n) is 9.94. The van der Waals surface area contributed by atoms with Gasteiger partial charge in [0.15, 0.2) is 0 Å². The molecule has 0 aromatic heterocycles. The molecule has 18 heavy (non-hydrogen) atoms. The molecule has 0 bridgehead atoms. The first-order valence-corrected chi connectivity index (χ1v) is 5.69. The smallest absolute Gasteiger partial charge is 0.338 e. The van der Waals surface area contributed by atoms with Crippen molar-refractivity contribution >= 4 is 17.3 Å². The topological polar surface area (TPSA) is 84.6 Å². The van der Waals surface area contributed by atoms with Crippen LogP contribution in [0.2, 0.25) is 0 Å². The van der Waals surface area contributed by atoms with E-state index in [1.54, 1.807) is 0 Å². The highest BCUT2D eigenvalue weighted by molar-refractivity contribution is 5.90. The summed E-state index contributed by atoms with van der Waals surface area (Å²) in [6.07, 6.45) is 0.828. The first-order valence-electron chi connectivity index (χ1n) is 5.69. The summed E-state index contributed by atoms with van der Waals surface area (Å²) in [5.41, 5.74) is 5.91. The summed E-state index contributed by atoms with van der Waals surface area (Å²) in [5, 5.41) is 11.9. The second-order valence-corrected chi connectivity index (χ2v) is 4.34. The number of nitrogens with two attached hydrogens (primary N) is 1. The average molecular weight is 254 g/mol. The number of nitrogens with one attached hydrogen (secondary N) is 1. The molecule has 1 aromatic carbocycles. The molecule has 2 rings (SSSR count). The molecule has 1 aromatic rings. The molecule has 0 aliphatic carbocycles. The molecular formula is C12H15FN2O3. The number of hydrogen-bond acceptors (Lipinski definition) is 4. The summed E-state index contributed by atoms with van der Waals surface area (Å²) < 4.78 is 18.9. The third-order valence-electron chi connectivity index (χ3n) is 3.09. The lowest BCUT2D eigenvalue weighted by Gasteiger charge is -2.19. The molecule has 1 saturated heterocycles. The second kappa shape index (κ2) is 4.81. The lowest BCUT2D eigenvalue weighted by molar-refractivity contribution is 0.0692. The fraction of sp³-hybridized carbons (Fsp3) is 0.417. The van der Waals surface area contributed by atoms with Crippen LogP contribution in [-0.4, -0.2) is 29.8 Å². The number of carbonyl (C=O) groups is 1. The van der Waals surface area contributed by atoms with Crippen molar-refractivity contribution in [1.29, 1.82) is 0 Å². The van der Waals surface area contributed by atoms with Crippen molar-refractivity contribution in [3.63, 3.8) is 0 Å². The van der Waals surface area contributed by atoms with Crippen molar-refractivity contribution in [3.8, 4) is 0 Å². The van der Waals surface area contributed by atoms with Crippen molar-refractivity contribution in [2.24, 2.45) is 0 Å². The van der Waals surface area contributed by atoms with Crippen LogP contribution in [0, 0.1) is 5.82 Å². The Morgan fingerprint density at radius 3 is 2.89 bits per heavy atom. The van der Waals surface area contributed by atoms with Crippen LogP contribution < -0.4 is 11.1 Å². The fourth-order valence-electron chi connectivity index (χ4n) is 2.00. The molecule has 2 unspecified atom stereocenters. The number of carboxylic acids is 1. The number of hydrogen-bond donors (Lipinski definition) is 3. The summed E-state index contributed by atoms with van der Waals surface area (Å²) >= 11 is 0. The third-order valence-corrected chi connectivity index (χ3v) is 3.09. The largest absolute Gasteiger partial charge is 0.478 e. The Balaban J connectivity index is 2.23. The summed E-state index contributed by atoms with van der Waals surface area (Å²) in [6.45, 7) is 2.57. The molecule has 1 fully saturated rings. The number of benzene rings is 1. The lowest BCUT2D eigenvalue weighted by Crippen LogP contribution is -2.27. The van der Waals surface area contributed by atoms with Gasteiger partial charge < -0.3 is 20.9 Å². The van der Waals surface area contributed by atoms with Gasteiger partial charge in [-0.3, -0.25) is 0 Å². The summed E-state index contributed by atoms with van der Waals surface area (Å²) in [7, 11) is 0. The minimum Gasteiger partial charge on any atom is -0.478 e. The Morgan fingerprint density at radius 1 is 1.61 bits per heavy atom. The van der Waals surface area contributed by atoms with Crippen molar-refractivity contribution in [1.82, 2.24) is 0 Å². The Labute approximate surface area is 104 Å². The molecular weight excluding hydrogens is 239 g/mol. The van der Waals surface area contributed by atoms with Gasteiger partial charge >= 0.3 is 5.97 Å². The Bertz CT molecular complexity index is 479. The minimum absolute atomic E-state index is 0.0200. The van der Waals surface area contributed by atoms with E-state index in [1.807, 2.05) is 6.92 Å². The van der Waals surface area contributed by atoms with E-state index < -0.39 is 17.3 Å². The maximum Gasteiger partial charge on any atom is 0.338 e. The molecule has 98 valence electrons. The zero-order chi connectivity index (χ0) is 13.3. The normalized spacial score (nSPS) is 23.0. The van der Waals surface area contributed by atoms with Gasteiger partial charge in [-0.1, -0.05) is 0 Å². The molecule has 1 aliphatic rings. The van der Waals surface area contributed by atoms with Crippen LogP contribution in [0.1, 0.15) is 23.7 Å². The second-order valence-electron chi connectivity index (χ2n) is 4.34. The molecule has 0 amide bonds. The van der Waals surface area contributed by atoms with Crippen LogP contribution in [0.4, 0.5) is 15.8 Å². The van der Waals surface area contributed by atoms with Gasteiger partial charge in [0.25, 0.3) is 0 Å². The molecule has 1 heterocycles. The Morgan fingerprint density at radius 2 is 2.33 bits per heavy atom. The van der Waals surface area contributed by atoms with Crippen molar-refractivity contribution in [2.45, 2.75) is 25.5 Å². The van der Waals surface area contributed by atoms with E-state index >= 15 is 0 Å². The number of nitrogen functional groups attached to an aromatic ring is 1. The highest BCUT2D eigenvalue weighted by Crippen LogP contribution is 2.26. The monoisotopic (exact) mass is 254 g/mol. The summed E-state index contributed by atoms with van der Waals surface area (Å²) in [6, 6.07) is 2.30. The molecule has 6 heteroatoms. The highest BCUT2D eigenvalue weighted by Gasteiger charge is 2.25. The molecule has 0 radical (unpaired) electrons. The van der Waals surface area contributed by atoms with Gasteiger partial charge in [0.05, 0.1) is 29.1 Å². The van der Waals surface area contributed by atoms with E-state index in [0.717, 1.165) is 18.6 Å². The molecule has 2 atom stereocenters. The molecule has 0 saturated carbocycles. The Hall–Kier alpha value is -1.82. The van der Waals surface area contributed by atoms with Gasteiger partial charge in [-0.05, 0) is 25.5 Å². The van der Waals surface area contributed by atoms with E-state index in [2.05, 4.69) is 5.32 Å². The number of anilines is 2. The van der Waals surface area contributed by atoms with Gasteiger partial charge in [0.2, 0.25) is 0 Å². The van der Waals surface area contributed by atoms with Crippen LogP contribution in [0.3, 0.4) is 0 Å². The SMILES string of the molecule is CC1OCCC1Nc1cc(F)c(C(=O)O)cc1N. The van der Waals surface area contributed by atoms with E-state index in [9.17, 15) is 9.18 Å². The van der Waals surface area contributed by atoms with Gasteiger partial charge in [-0.25, -0.2) is 9.18 Å². The summed E-state index contributed by atoms with van der Waals surface area (Å²) in [4.78, 5) is 10.7. The molecule has 4 N–H and O–H groups in total. The molecule has 1 aliphatic heterocycles. The third kappa shape index (κ3) is 2.38. The average Bonchev–Trinajstić information content (AvgIpc) is 2.69. The van der Waals surface area contributed by atoms with Crippen molar-refractivity contribution in [2.75, 3.05) is 17.7 Å². The highest BCUT2D eigenvalue weighted by atomic mass is 19.1. The number of rotatable bonds is 3. The molecule has 0 spiro atoms. The van der Waals surface area contributed by atoms with Crippen LogP contribution in [-0.2, 0) is 4.74 Å². The predicted octanol–water partition coefficient (Wildman–Crippen LogP) is 1.70. The first kappa shape index (κ1) is 12.6. The van der Waals surface area contributed by atoms with E-state index in [0.29, 0.717) is 12.3 Å². The van der Waals surface area contributed by atoms with Gasteiger partial charge in [-0.15, -0.1) is 0 Å². The number of aromatic carboxylic acids is 1. The van der Waals surface area contributed by atoms with Gasteiger partial charge in [0.1, 0.15) is 5.82 Å². The van der Waals surface area contributed by atoms with Gasteiger partial charge in [-0.2, -0.15) is 0 Å². The zero-order valence-corrected chi connectivity index (χ0v) is 9.94. The Kier molecular flexibility index (Phi) is 3.38. The van der Waals surface area contributed by atoms with E-state index in [-0.39, 0.29) is 17.8 Å². The van der Waals surface area contributed by atoms with E-state index in [1.165, 1.54) is 0 Å². The minimum atomic E-state index is -1.33. The number of halogens is 1. The van der Waals surface area contributed by atoms with Crippen molar-refractivity contribution in [3.05, 3.63) is 23.5 Å². The maximum atomic E-state index is 13.5. The fourth-order valence-corrected chi connectivity index (χ4v) is 2.00. The van der Waals surface area contributed by atoms with Crippen LogP contribution >= 0.6 is 0 Å². The number of carboxylic acid groups (broad SMARTS) is 1. The van der Waals surface area contributed by atoms with Crippen molar-refractivity contribution < 1.29 is 19.0 Å². The van der Waals surface area contributed by atoms with Crippen LogP contribution in [0.5, 0.6) is 0 Å². The van der Waals surface area contributed by atoms with E-state index in [4.69, 9.17) is 15.6 Å². The predicted molar refractivity (Wildman–Crippen MR) is 65.2 cm³/mol. The van der Waals surface area contributed by atoms with Gasteiger partial charge in [0, 0.05) is 6.61 Å². The van der Waals surface area contributed by atoms with Crippen LogP contribution in [0.25, 0.3) is 0 Å². The maximum absolute atomic E-state index is 13.5. The summed E-state index contributed by atoms with van der Waals surface area (Å²) in [5.74, 6) is -2.13. The van der Waals surface area contributed by atoms with Crippen LogP contribution in [0.15, 0.2) is 12.1 Å². The quantitative estimate of drug-likeness (QED) is 0.715. The lowest BCUT2D eigenvalue weighted by atomic mass is 10.1.